The first kappa shape index (κ1) is 21.9. The summed E-state index contributed by atoms with van der Waals surface area (Å²) in [6.07, 6.45) is -4.59. The van der Waals surface area contributed by atoms with E-state index in [9.17, 15) is 31.2 Å². The molecule has 0 bridgehead atoms. The minimum Gasteiger partial charge on any atom is -0.454 e. The van der Waals surface area contributed by atoms with Gasteiger partial charge >= 0.3 is 12.1 Å². The second kappa shape index (κ2) is 8.99. The number of ether oxygens (including phenoxy) is 1. The molecule has 0 fully saturated rings. The number of carbonyl (C=O) groups excluding carboxylic acids is 2. The van der Waals surface area contributed by atoms with E-state index in [1.165, 1.54) is 24.3 Å². The van der Waals surface area contributed by atoms with Gasteiger partial charge in [0.05, 0.1) is 4.90 Å². The molecule has 0 spiro atoms. The molecule has 2 N–H and O–H groups in total. The minimum atomic E-state index is -4.59. The molecule has 1 aromatic carbocycles. The smallest absolute Gasteiger partial charge is 0.405 e. The normalized spacial score (nSPS) is 13.3. The first-order valence-electron chi connectivity index (χ1n) is 7.50. The van der Waals surface area contributed by atoms with Crippen LogP contribution in [0.25, 0.3) is 0 Å². The Kier molecular flexibility index (Phi) is 7.57. The zero-order valence-electron chi connectivity index (χ0n) is 14.0. The molecule has 7 nitrogen and oxygen atoms in total. The summed E-state index contributed by atoms with van der Waals surface area (Å²) in [7, 11) is -4.02. The molecule has 0 aliphatic carbocycles. The van der Waals surface area contributed by atoms with Crippen LogP contribution in [0, 0.1) is 5.92 Å². The van der Waals surface area contributed by atoms with Crippen LogP contribution >= 0.6 is 0 Å². The number of amides is 1. The van der Waals surface area contributed by atoms with E-state index in [0.717, 1.165) is 0 Å². The molecule has 26 heavy (non-hydrogen) atoms. The third-order valence-electron chi connectivity index (χ3n) is 3.09. The standard InChI is InChI=1S/C15H19F3N2O5S/c1-10(2)13(20-26(23,24)11-6-4-3-5-7-11)14(22)25-8-12(21)19-9-15(16,17)18/h3-7,10,13,20H,8-9H2,1-2H3,(H,19,21)/t13-/m1/s1. The molecule has 1 amide bonds. The number of carbonyl (C=O) groups is 2. The number of hydrogen-bond donors (Lipinski definition) is 2. The highest BCUT2D eigenvalue weighted by Crippen LogP contribution is 2.13. The predicted octanol–water partition coefficient (Wildman–Crippen LogP) is 1.21. The van der Waals surface area contributed by atoms with Gasteiger partial charge in [-0.15, -0.1) is 0 Å². The third-order valence-corrected chi connectivity index (χ3v) is 4.54. The van der Waals surface area contributed by atoms with Crippen molar-refractivity contribution < 1.29 is 35.9 Å². The highest BCUT2D eigenvalue weighted by molar-refractivity contribution is 7.89. The minimum absolute atomic E-state index is 0.0682. The number of hydrogen-bond acceptors (Lipinski definition) is 5. The van der Waals surface area contributed by atoms with Gasteiger partial charge in [0, 0.05) is 0 Å². The van der Waals surface area contributed by atoms with Crippen molar-refractivity contribution in [2.45, 2.75) is 31.0 Å². The van der Waals surface area contributed by atoms with Crippen LogP contribution in [0.5, 0.6) is 0 Å². The molecule has 0 heterocycles. The van der Waals surface area contributed by atoms with Crippen molar-refractivity contribution in [1.82, 2.24) is 10.0 Å². The lowest BCUT2D eigenvalue weighted by Gasteiger charge is -2.20. The average Bonchev–Trinajstić information content (AvgIpc) is 2.55. The summed E-state index contributed by atoms with van der Waals surface area (Å²) in [4.78, 5) is 23.2. The number of benzene rings is 1. The maximum Gasteiger partial charge on any atom is 0.405 e. The molecule has 1 atom stereocenters. The Morgan fingerprint density at radius 2 is 1.73 bits per heavy atom. The Balaban J connectivity index is 2.69. The summed E-state index contributed by atoms with van der Waals surface area (Å²) in [6, 6.07) is 5.97. The first-order chi connectivity index (χ1) is 11.9. The predicted molar refractivity (Wildman–Crippen MR) is 85.4 cm³/mol. The third kappa shape index (κ3) is 7.40. The van der Waals surface area contributed by atoms with Crippen LogP contribution in [-0.2, 0) is 24.3 Å². The molecule has 1 rings (SSSR count). The quantitative estimate of drug-likeness (QED) is 0.644. The second-order valence-corrected chi connectivity index (χ2v) is 7.37. The van der Waals surface area contributed by atoms with Crippen molar-refractivity contribution in [3.8, 4) is 0 Å². The number of halogens is 3. The van der Waals surface area contributed by atoms with Gasteiger partial charge in [-0.3, -0.25) is 9.59 Å². The van der Waals surface area contributed by atoms with Crippen molar-refractivity contribution in [2.75, 3.05) is 13.2 Å². The van der Waals surface area contributed by atoms with Crippen molar-refractivity contribution in [3.63, 3.8) is 0 Å². The monoisotopic (exact) mass is 396 g/mol. The van der Waals surface area contributed by atoms with E-state index in [1.54, 1.807) is 25.2 Å². The number of alkyl halides is 3. The molecule has 0 radical (unpaired) electrons. The molecule has 0 aliphatic heterocycles. The number of esters is 1. The highest BCUT2D eigenvalue weighted by Gasteiger charge is 2.31. The summed E-state index contributed by atoms with van der Waals surface area (Å²) in [5, 5.41) is 1.54. The SMILES string of the molecule is CC(C)[C@@H](NS(=O)(=O)c1ccccc1)C(=O)OCC(=O)NCC(F)(F)F. The maximum absolute atomic E-state index is 12.3. The Labute approximate surface area is 149 Å². The fourth-order valence-electron chi connectivity index (χ4n) is 1.77. The van der Waals surface area contributed by atoms with Crippen LogP contribution < -0.4 is 10.0 Å². The Hall–Kier alpha value is -2.14. The van der Waals surface area contributed by atoms with E-state index in [1.807, 2.05) is 0 Å². The average molecular weight is 396 g/mol. The summed E-state index contributed by atoms with van der Waals surface area (Å²) >= 11 is 0. The molecule has 0 saturated carbocycles. The van der Waals surface area contributed by atoms with Gasteiger partial charge in [-0.25, -0.2) is 8.42 Å². The Morgan fingerprint density at radius 1 is 1.15 bits per heavy atom. The Bertz CT molecular complexity index is 721. The lowest BCUT2D eigenvalue weighted by Crippen LogP contribution is -2.46. The summed E-state index contributed by atoms with van der Waals surface area (Å²) in [5.74, 6) is -2.75. The lowest BCUT2D eigenvalue weighted by atomic mass is 10.1. The zero-order chi connectivity index (χ0) is 20.0. The van der Waals surface area contributed by atoms with Gasteiger partial charge in [-0.1, -0.05) is 32.0 Å². The molecule has 0 unspecified atom stereocenters. The fourth-order valence-corrected chi connectivity index (χ4v) is 3.12. The van der Waals surface area contributed by atoms with Gasteiger partial charge in [0.25, 0.3) is 5.91 Å². The van der Waals surface area contributed by atoms with E-state index in [0.29, 0.717) is 0 Å². The fraction of sp³-hybridized carbons (Fsp3) is 0.467. The highest BCUT2D eigenvalue weighted by atomic mass is 32.2. The van der Waals surface area contributed by atoms with Gasteiger partial charge in [0.1, 0.15) is 12.6 Å². The van der Waals surface area contributed by atoms with Crippen LogP contribution in [0.3, 0.4) is 0 Å². The van der Waals surface area contributed by atoms with Crippen LogP contribution in [0.15, 0.2) is 35.2 Å². The van der Waals surface area contributed by atoms with Crippen LogP contribution in [0.1, 0.15) is 13.8 Å². The van der Waals surface area contributed by atoms with Crippen molar-refractivity contribution >= 4 is 21.9 Å². The van der Waals surface area contributed by atoms with Gasteiger partial charge in [0.2, 0.25) is 10.0 Å². The van der Waals surface area contributed by atoms with Gasteiger partial charge in [-0.2, -0.15) is 17.9 Å². The molecule has 0 aromatic heterocycles. The largest absolute Gasteiger partial charge is 0.454 e. The van der Waals surface area contributed by atoms with Crippen molar-refractivity contribution in [2.24, 2.45) is 5.92 Å². The molecular weight excluding hydrogens is 377 g/mol. The molecule has 1 aromatic rings. The van der Waals surface area contributed by atoms with Gasteiger partial charge in [-0.05, 0) is 18.1 Å². The summed E-state index contributed by atoms with van der Waals surface area (Å²) in [5.41, 5.74) is 0. The lowest BCUT2D eigenvalue weighted by molar-refractivity contribution is -0.153. The van der Waals surface area contributed by atoms with Crippen LogP contribution in [-0.4, -0.2) is 45.7 Å². The summed E-state index contributed by atoms with van der Waals surface area (Å²) in [6.45, 7) is 0.579. The van der Waals surface area contributed by atoms with Crippen molar-refractivity contribution in [1.29, 1.82) is 0 Å². The van der Waals surface area contributed by atoms with Crippen LogP contribution in [0.2, 0.25) is 0 Å². The van der Waals surface area contributed by atoms with Gasteiger partial charge in [0.15, 0.2) is 6.61 Å². The van der Waals surface area contributed by atoms with E-state index < -0.39 is 53.2 Å². The van der Waals surface area contributed by atoms with Crippen LogP contribution in [0.4, 0.5) is 13.2 Å². The topological polar surface area (TPSA) is 102 Å². The number of nitrogens with one attached hydrogen (secondary N) is 2. The maximum atomic E-state index is 12.3. The van der Waals surface area contributed by atoms with Gasteiger partial charge < -0.3 is 10.1 Å². The molecule has 146 valence electrons. The van der Waals surface area contributed by atoms with E-state index in [-0.39, 0.29) is 4.90 Å². The zero-order valence-corrected chi connectivity index (χ0v) is 14.9. The molecule has 0 saturated heterocycles. The Morgan fingerprint density at radius 3 is 2.23 bits per heavy atom. The number of rotatable bonds is 8. The summed E-state index contributed by atoms with van der Waals surface area (Å²) < 4.78 is 67.4. The molecule has 0 aliphatic rings. The van der Waals surface area contributed by atoms with Crippen molar-refractivity contribution in [3.05, 3.63) is 30.3 Å². The van der Waals surface area contributed by atoms with E-state index in [2.05, 4.69) is 9.46 Å². The second-order valence-electron chi connectivity index (χ2n) is 5.66. The molecule has 11 heteroatoms. The number of sulfonamides is 1. The van der Waals surface area contributed by atoms with E-state index >= 15 is 0 Å². The first-order valence-corrected chi connectivity index (χ1v) is 8.98. The van der Waals surface area contributed by atoms with E-state index in [4.69, 9.17) is 0 Å². The molecular formula is C15H19F3N2O5S.